The summed E-state index contributed by atoms with van der Waals surface area (Å²) in [5, 5.41) is 23.2. The van der Waals surface area contributed by atoms with E-state index in [4.69, 9.17) is 21.4 Å². The van der Waals surface area contributed by atoms with Gasteiger partial charge in [-0.3, -0.25) is 10.1 Å². The first-order chi connectivity index (χ1) is 11.9. The van der Waals surface area contributed by atoms with Gasteiger partial charge in [0.2, 0.25) is 0 Å². The zero-order valence-corrected chi connectivity index (χ0v) is 14.2. The number of aliphatic hydroxyl groups is 1. The number of benzene rings is 2. The van der Waals surface area contributed by atoms with Gasteiger partial charge in [-0.2, -0.15) is 0 Å². The molecule has 25 heavy (non-hydrogen) atoms. The molecule has 7 nitrogen and oxygen atoms in total. The lowest BCUT2D eigenvalue weighted by molar-refractivity contribution is -0.384. The molecule has 2 N–H and O–H groups in total. The molecule has 0 amide bonds. The first-order valence-electron chi connectivity index (χ1n) is 7.52. The molecule has 132 valence electrons. The lowest BCUT2D eigenvalue weighted by atomic mass is 10.1. The second-order valence-electron chi connectivity index (χ2n) is 5.21. The zero-order valence-electron chi connectivity index (χ0n) is 13.4. The van der Waals surface area contributed by atoms with E-state index in [0.29, 0.717) is 16.3 Å². The second kappa shape index (κ2) is 8.46. The fourth-order valence-electron chi connectivity index (χ4n) is 2.25. The molecule has 0 saturated carbocycles. The van der Waals surface area contributed by atoms with Crippen molar-refractivity contribution in [1.29, 1.82) is 0 Å². The van der Waals surface area contributed by atoms with E-state index in [1.807, 2.05) is 0 Å². The maximum absolute atomic E-state index is 12.5. The number of hydrogen-bond donors (Lipinski definition) is 2. The van der Waals surface area contributed by atoms with Crippen LogP contribution in [0.15, 0.2) is 42.5 Å². The van der Waals surface area contributed by atoms with E-state index < -0.39 is 17.0 Å². The van der Waals surface area contributed by atoms with Gasteiger partial charge in [-0.25, -0.2) is 4.79 Å². The normalized spacial score (nSPS) is 11.6. The maximum atomic E-state index is 12.5. The third-order valence-corrected chi connectivity index (χ3v) is 3.83. The number of carbonyl (C=O) groups excluding carboxylic acids is 1. The van der Waals surface area contributed by atoms with E-state index in [2.05, 4.69) is 5.32 Å². The molecule has 2 aromatic carbocycles. The molecule has 0 unspecified atom stereocenters. The van der Waals surface area contributed by atoms with Crippen LogP contribution in [0.5, 0.6) is 0 Å². The van der Waals surface area contributed by atoms with Gasteiger partial charge < -0.3 is 15.2 Å². The largest absolute Gasteiger partial charge is 0.454 e. The van der Waals surface area contributed by atoms with Crippen molar-refractivity contribution in [1.82, 2.24) is 0 Å². The molecule has 0 aliphatic carbocycles. The van der Waals surface area contributed by atoms with Crippen LogP contribution in [0.3, 0.4) is 0 Å². The Kier molecular flexibility index (Phi) is 6.32. The summed E-state index contributed by atoms with van der Waals surface area (Å²) in [5.74, 6) is -0.725. The number of nitro groups is 1. The number of rotatable bonds is 7. The Morgan fingerprint density at radius 2 is 2.08 bits per heavy atom. The van der Waals surface area contributed by atoms with Crippen molar-refractivity contribution in [3.63, 3.8) is 0 Å². The van der Waals surface area contributed by atoms with Crippen LogP contribution in [0, 0.1) is 10.1 Å². The van der Waals surface area contributed by atoms with Crippen molar-refractivity contribution >= 4 is 28.9 Å². The van der Waals surface area contributed by atoms with Gasteiger partial charge in [0.1, 0.15) is 6.10 Å². The van der Waals surface area contributed by atoms with Gasteiger partial charge in [-0.05, 0) is 19.1 Å². The predicted molar refractivity (Wildman–Crippen MR) is 94.0 cm³/mol. The van der Waals surface area contributed by atoms with Crippen LogP contribution in [-0.2, 0) is 4.74 Å². The van der Waals surface area contributed by atoms with E-state index in [1.165, 1.54) is 12.1 Å². The van der Waals surface area contributed by atoms with Gasteiger partial charge in [0.05, 0.1) is 17.1 Å². The van der Waals surface area contributed by atoms with Crippen molar-refractivity contribution in [3.05, 3.63) is 68.7 Å². The summed E-state index contributed by atoms with van der Waals surface area (Å²) in [5.41, 5.74) is 0.761. The number of nitro benzene ring substituents is 1. The summed E-state index contributed by atoms with van der Waals surface area (Å²) >= 11 is 6.09. The van der Waals surface area contributed by atoms with Crippen LogP contribution in [0.2, 0.25) is 5.02 Å². The van der Waals surface area contributed by atoms with Gasteiger partial charge >= 0.3 is 5.97 Å². The zero-order chi connectivity index (χ0) is 18.4. The molecule has 0 heterocycles. The van der Waals surface area contributed by atoms with E-state index in [-0.39, 0.29) is 24.4 Å². The summed E-state index contributed by atoms with van der Waals surface area (Å²) < 4.78 is 5.41. The lowest BCUT2D eigenvalue weighted by Crippen LogP contribution is -2.14. The second-order valence-corrected chi connectivity index (χ2v) is 5.61. The van der Waals surface area contributed by atoms with Crippen molar-refractivity contribution < 1.29 is 19.6 Å². The number of esters is 1. The number of aliphatic hydroxyl groups excluding tert-OH is 1. The average Bonchev–Trinajstić information content (AvgIpc) is 2.59. The fourth-order valence-corrected chi connectivity index (χ4v) is 2.54. The van der Waals surface area contributed by atoms with Crippen molar-refractivity contribution in [2.75, 3.05) is 18.5 Å². The monoisotopic (exact) mass is 364 g/mol. The smallest absolute Gasteiger partial charge is 0.341 e. The molecule has 0 saturated heterocycles. The molecule has 0 radical (unpaired) electrons. The summed E-state index contributed by atoms with van der Waals surface area (Å²) in [4.78, 5) is 22.9. The molecule has 0 aliphatic heterocycles. The molecule has 8 heteroatoms. The first kappa shape index (κ1) is 18.7. The number of carbonyl (C=O) groups is 1. The van der Waals surface area contributed by atoms with Crippen LogP contribution in [0.1, 0.15) is 28.9 Å². The van der Waals surface area contributed by atoms with Gasteiger partial charge in [-0.15, -0.1) is 0 Å². The Labute approximate surface area is 149 Å². The summed E-state index contributed by atoms with van der Waals surface area (Å²) in [6, 6.07) is 10.8. The highest BCUT2D eigenvalue weighted by atomic mass is 35.5. The first-order valence-corrected chi connectivity index (χ1v) is 7.90. The Morgan fingerprint density at radius 1 is 1.36 bits per heavy atom. The third kappa shape index (κ3) is 4.68. The molecule has 2 aromatic rings. The van der Waals surface area contributed by atoms with E-state index in [1.54, 1.807) is 31.2 Å². The van der Waals surface area contributed by atoms with Crippen LogP contribution < -0.4 is 5.32 Å². The van der Waals surface area contributed by atoms with Crippen LogP contribution in [0.25, 0.3) is 0 Å². The molecular weight excluding hydrogens is 348 g/mol. The minimum absolute atomic E-state index is 0.0153. The molecule has 0 bridgehead atoms. The maximum Gasteiger partial charge on any atom is 0.341 e. The summed E-state index contributed by atoms with van der Waals surface area (Å²) in [7, 11) is 0. The number of anilines is 1. The minimum Gasteiger partial charge on any atom is -0.454 e. The Morgan fingerprint density at radius 3 is 2.72 bits per heavy atom. The molecule has 0 aromatic heterocycles. The Hall–Kier alpha value is -2.64. The summed E-state index contributed by atoms with van der Waals surface area (Å²) in [6.07, 6.45) is -0.633. The quantitative estimate of drug-likeness (QED) is 0.442. The van der Waals surface area contributed by atoms with Crippen LogP contribution >= 0.6 is 11.6 Å². The molecular formula is C17H17ClN2O5. The molecule has 1 atom stereocenters. The molecule has 0 fully saturated rings. The number of non-ortho nitro benzene ring substituents is 1. The van der Waals surface area contributed by atoms with Crippen molar-refractivity contribution in [2.45, 2.75) is 13.0 Å². The molecule has 0 aliphatic rings. The van der Waals surface area contributed by atoms with Crippen molar-refractivity contribution in [3.8, 4) is 0 Å². The highest BCUT2D eigenvalue weighted by Gasteiger charge is 2.21. The van der Waals surface area contributed by atoms with Gasteiger partial charge in [0.15, 0.2) is 0 Å². The number of nitrogens with one attached hydrogen (secondary N) is 1. The molecule has 0 spiro atoms. The van der Waals surface area contributed by atoms with E-state index in [0.717, 1.165) is 6.07 Å². The Balaban J connectivity index is 2.28. The predicted octanol–water partition coefficient (Wildman–Crippen LogP) is 3.57. The van der Waals surface area contributed by atoms with Crippen LogP contribution in [-0.4, -0.2) is 29.2 Å². The van der Waals surface area contributed by atoms with E-state index in [9.17, 15) is 14.9 Å². The topological polar surface area (TPSA) is 102 Å². The SMILES string of the molecule is C[C@H](OC(=O)c1cc([N+](=O)[O-])ccc1NCCO)c1ccccc1Cl. The Bertz CT molecular complexity index is 781. The number of hydrogen-bond acceptors (Lipinski definition) is 6. The van der Waals surface area contributed by atoms with Gasteiger partial charge in [0, 0.05) is 35.0 Å². The van der Waals surface area contributed by atoms with E-state index >= 15 is 0 Å². The van der Waals surface area contributed by atoms with Gasteiger partial charge in [0.25, 0.3) is 5.69 Å². The number of halogens is 1. The van der Waals surface area contributed by atoms with Crippen LogP contribution in [0.4, 0.5) is 11.4 Å². The minimum atomic E-state index is -0.725. The number of ether oxygens (including phenoxy) is 1. The third-order valence-electron chi connectivity index (χ3n) is 3.49. The summed E-state index contributed by atoms with van der Waals surface area (Å²) in [6.45, 7) is 1.71. The fraction of sp³-hybridized carbons (Fsp3) is 0.235. The number of nitrogens with zero attached hydrogens (tertiary/aromatic N) is 1. The van der Waals surface area contributed by atoms with Crippen molar-refractivity contribution in [2.24, 2.45) is 0 Å². The highest BCUT2D eigenvalue weighted by Crippen LogP contribution is 2.28. The highest BCUT2D eigenvalue weighted by molar-refractivity contribution is 6.31. The van der Waals surface area contributed by atoms with Gasteiger partial charge in [-0.1, -0.05) is 29.8 Å². The molecule has 2 rings (SSSR count). The standard InChI is InChI=1S/C17H17ClN2O5/c1-11(13-4-2-3-5-15(13)18)25-17(22)14-10-12(20(23)24)6-7-16(14)19-8-9-21/h2-7,10-11,19,21H,8-9H2,1H3/t11-/m0/s1. The lowest BCUT2D eigenvalue weighted by Gasteiger charge is -2.16. The average molecular weight is 365 g/mol.